The van der Waals surface area contributed by atoms with E-state index in [1.165, 1.54) is 11.8 Å². The number of hydrogen-bond donors (Lipinski definition) is 0. The lowest BCUT2D eigenvalue weighted by Gasteiger charge is -2.05. The van der Waals surface area contributed by atoms with Crippen LogP contribution in [-0.4, -0.2) is 11.7 Å². The van der Waals surface area contributed by atoms with Crippen molar-refractivity contribution in [1.82, 2.24) is 0 Å². The van der Waals surface area contributed by atoms with Crippen LogP contribution in [0.1, 0.15) is 24.5 Å². The Balaban J connectivity index is 2.26. The predicted molar refractivity (Wildman–Crippen MR) is 84.1 cm³/mol. The summed E-state index contributed by atoms with van der Waals surface area (Å²) in [5, 5.41) is 14.3. The van der Waals surface area contributed by atoms with E-state index in [1.54, 1.807) is 0 Å². The van der Waals surface area contributed by atoms with Gasteiger partial charge in [0.1, 0.15) is 17.7 Å². The summed E-state index contributed by atoms with van der Waals surface area (Å²) in [5.74, 6) is 0. The van der Waals surface area contributed by atoms with Crippen molar-refractivity contribution < 1.29 is 4.84 Å². The van der Waals surface area contributed by atoms with Crippen LogP contribution < -0.4 is 0 Å². The lowest BCUT2D eigenvalue weighted by Crippen LogP contribution is -1.90. The third-order valence-electron chi connectivity index (χ3n) is 2.81. The number of benzene rings is 1. The highest BCUT2D eigenvalue weighted by Gasteiger charge is 2.16. The minimum absolute atomic E-state index is 0.611. The summed E-state index contributed by atoms with van der Waals surface area (Å²) in [4.78, 5) is 6.09. The molecule has 1 aliphatic heterocycles. The Hall–Kier alpha value is -1.99. The van der Waals surface area contributed by atoms with Crippen molar-refractivity contribution in [3.8, 4) is 6.07 Å². The van der Waals surface area contributed by atoms with Crippen LogP contribution in [0.2, 0.25) is 0 Å². The van der Waals surface area contributed by atoms with Crippen LogP contribution in [0.4, 0.5) is 0 Å². The van der Waals surface area contributed by atoms with E-state index in [2.05, 4.69) is 11.2 Å². The maximum absolute atomic E-state index is 9.44. The van der Waals surface area contributed by atoms with Crippen LogP contribution in [-0.2, 0) is 4.84 Å². The van der Waals surface area contributed by atoms with Gasteiger partial charge in [0, 0.05) is 4.91 Å². The zero-order chi connectivity index (χ0) is 14.4. The Bertz CT molecular complexity index is 624. The summed E-state index contributed by atoms with van der Waals surface area (Å²) < 4.78 is 0. The monoisotopic (exact) mass is 284 g/mol. The molecular formula is C16H16N2OS. The molecule has 0 aromatic heterocycles. The molecule has 0 unspecified atom stereocenters. The molecule has 0 atom stereocenters. The number of hydrogen-bond acceptors (Lipinski definition) is 4. The second-order valence-corrected chi connectivity index (χ2v) is 5.43. The largest absolute Gasteiger partial charge is 0.395 e. The number of rotatable bonds is 4. The fourth-order valence-corrected chi connectivity index (χ4v) is 2.66. The first-order chi connectivity index (χ1) is 9.76. The quantitative estimate of drug-likeness (QED) is 0.471. The molecule has 2 rings (SSSR count). The highest BCUT2D eigenvalue weighted by atomic mass is 32.2. The molecule has 0 saturated carbocycles. The van der Waals surface area contributed by atoms with E-state index in [4.69, 9.17) is 4.84 Å². The molecular weight excluding hydrogens is 268 g/mol. The molecule has 3 nitrogen and oxygen atoms in total. The molecule has 1 aliphatic rings. The van der Waals surface area contributed by atoms with E-state index in [0.29, 0.717) is 12.2 Å². The standard InChI is InChI=1S/C16H16N2OS/c1-3-10-19-18-16-9-8-15(20-16)14(11-17)13-7-5-4-6-12(13)2/h4-9H,3,10H2,1-2H3. The number of nitrogens with zero attached hydrogens (tertiary/aromatic N) is 2. The van der Waals surface area contributed by atoms with E-state index in [9.17, 15) is 5.26 Å². The lowest BCUT2D eigenvalue weighted by atomic mass is 10.0. The third kappa shape index (κ3) is 3.31. The number of nitriles is 1. The van der Waals surface area contributed by atoms with Crippen LogP contribution in [0, 0.1) is 18.3 Å². The third-order valence-corrected chi connectivity index (χ3v) is 3.79. The molecule has 0 saturated heterocycles. The first-order valence-electron chi connectivity index (χ1n) is 6.52. The fourth-order valence-electron chi connectivity index (χ4n) is 1.81. The van der Waals surface area contributed by atoms with Gasteiger partial charge in [0.25, 0.3) is 0 Å². The normalized spacial score (nSPS) is 18.1. The van der Waals surface area contributed by atoms with Gasteiger partial charge in [0.2, 0.25) is 0 Å². The minimum atomic E-state index is 0.611. The Morgan fingerprint density at radius 2 is 2.15 bits per heavy atom. The Labute approximate surface area is 123 Å². The zero-order valence-electron chi connectivity index (χ0n) is 11.6. The van der Waals surface area contributed by atoms with Crippen molar-refractivity contribution in [1.29, 1.82) is 5.26 Å². The maximum atomic E-state index is 9.44. The smallest absolute Gasteiger partial charge is 0.140 e. The summed E-state index contributed by atoms with van der Waals surface area (Å²) in [6, 6.07) is 10.2. The summed E-state index contributed by atoms with van der Waals surface area (Å²) >= 11 is 1.47. The predicted octanol–water partition coefficient (Wildman–Crippen LogP) is 4.27. The van der Waals surface area contributed by atoms with Crippen molar-refractivity contribution in [2.24, 2.45) is 5.16 Å². The molecule has 0 radical (unpaired) electrons. The number of thioether (sulfide) groups is 1. The summed E-state index contributed by atoms with van der Waals surface area (Å²) in [5.41, 5.74) is 2.75. The Morgan fingerprint density at radius 3 is 2.85 bits per heavy atom. The molecule has 0 spiro atoms. The van der Waals surface area contributed by atoms with E-state index in [0.717, 1.165) is 27.5 Å². The molecule has 0 bridgehead atoms. The topological polar surface area (TPSA) is 45.4 Å². The highest BCUT2D eigenvalue weighted by molar-refractivity contribution is 8.18. The van der Waals surface area contributed by atoms with Crippen LogP contribution in [0.25, 0.3) is 5.57 Å². The van der Waals surface area contributed by atoms with Gasteiger partial charge in [-0.1, -0.05) is 48.1 Å². The van der Waals surface area contributed by atoms with Crippen molar-refractivity contribution in [3.05, 3.63) is 52.4 Å². The number of aryl methyl sites for hydroxylation is 1. The van der Waals surface area contributed by atoms with Gasteiger partial charge >= 0.3 is 0 Å². The van der Waals surface area contributed by atoms with Crippen LogP contribution in [0.3, 0.4) is 0 Å². The number of allylic oxidation sites excluding steroid dienone is 2. The van der Waals surface area contributed by atoms with E-state index >= 15 is 0 Å². The van der Waals surface area contributed by atoms with Crippen LogP contribution in [0.5, 0.6) is 0 Å². The van der Waals surface area contributed by atoms with Crippen molar-refractivity contribution >= 4 is 22.4 Å². The van der Waals surface area contributed by atoms with E-state index < -0.39 is 0 Å². The lowest BCUT2D eigenvalue weighted by molar-refractivity contribution is 0.146. The average molecular weight is 284 g/mol. The second-order valence-electron chi connectivity index (χ2n) is 4.36. The molecule has 20 heavy (non-hydrogen) atoms. The molecule has 0 aliphatic carbocycles. The van der Waals surface area contributed by atoms with Gasteiger partial charge in [-0.3, -0.25) is 0 Å². The summed E-state index contributed by atoms with van der Waals surface area (Å²) in [6.45, 7) is 4.66. The Morgan fingerprint density at radius 1 is 1.35 bits per heavy atom. The van der Waals surface area contributed by atoms with Crippen molar-refractivity contribution in [2.75, 3.05) is 6.61 Å². The average Bonchev–Trinajstić information content (AvgIpc) is 2.91. The van der Waals surface area contributed by atoms with Gasteiger partial charge in [-0.25, -0.2) is 0 Å². The summed E-state index contributed by atoms with van der Waals surface area (Å²) in [6.07, 6.45) is 4.73. The first-order valence-corrected chi connectivity index (χ1v) is 7.34. The second kappa shape index (κ2) is 6.97. The molecule has 102 valence electrons. The molecule has 0 fully saturated rings. The highest BCUT2D eigenvalue weighted by Crippen LogP contribution is 2.34. The fraction of sp³-hybridized carbons (Fsp3) is 0.250. The molecule has 0 N–H and O–H groups in total. The molecule has 1 heterocycles. The molecule has 1 aromatic rings. The van der Waals surface area contributed by atoms with Gasteiger partial charge in [-0.15, -0.1) is 0 Å². The molecule has 4 heteroatoms. The zero-order valence-corrected chi connectivity index (χ0v) is 12.4. The van der Waals surface area contributed by atoms with Crippen LogP contribution >= 0.6 is 11.8 Å². The number of oxime groups is 1. The maximum Gasteiger partial charge on any atom is 0.140 e. The Kier molecular flexibility index (Phi) is 5.03. The van der Waals surface area contributed by atoms with Gasteiger partial charge < -0.3 is 4.84 Å². The minimum Gasteiger partial charge on any atom is -0.395 e. The van der Waals surface area contributed by atoms with Crippen molar-refractivity contribution in [2.45, 2.75) is 20.3 Å². The molecule has 1 aromatic carbocycles. The molecule has 0 amide bonds. The van der Waals surface area contributed by atoms with Crippen LogP contribution in [0.15, 0.2) is 46.5 Å². The van der Waals surface area contributed by atoms with Gasteiger partial charge in [0.05, 0.1) is 5.57 Å². The van der Waals surface area contributed by atoms with E-state index in [-0.39, 0.29) is 0 Å². The van der Waals surface area contributed by atoms with Gasteiger partial charge in [-0.05, 0) is 36.6 Å². The SMILES string of the molecule is CCCON=C1C=CC(=C(C#N)c2ccccc2C)S1. The van der Waals surface area contributed by atoms with Gasteiger partial charge in [-0.2, -0.15) is 5.26 Å². The van der Waals surface area contributed by atoms with Gasteiger partial charge in [0.15, 0.2) is 0 Å². The first kappa shape index (κ1) is 14.4. The van der Waals surface area contributed by atoms with Crippen molar-refractivity contribution in [3.63, 3.8) is 0 Å². The van der Waals surface area contributed by atoms with E-state index in [1.807, 2.05) is 50.3 Å². The summed E-state index contributed by atoms with van der Waals surface area (Å²) in [7, 11) is 0.